The molecule has 1 heterocycles. The van der Waals surface area contributed by atoms with E-state index in [1.807, 2.05) is 13.0 Å². The predicted molar refractivity (Wildman–Crippen MR) is 85.3 cm³/mol. The van der Waals surface area contributed by atoms with E-state index in [9.17, 15) is 18.0 Å². The molecule has 0 saturated heterocycles. The molecule has 1 aromatic heterocycles. The topological polar surface area (TPSA) is 20.3 Å². The first-order valence-electron chi connectivity index (χ1n) is 7.32. The van der Waals surface area contributed by atoms with E-state index in [1.54, 1.807) is 41.1 Å². The summed E-state index contributed by atoms with van der Waals surface area (Å²) in [7, 11) is 0. The summed E-state index contributed by atoms with van der Waals surface area (Å²) < 4.78 is 38.6. The zero-order valence-electron chi connectivity index (χ0n) is 12.7. The Morgan fingerprint density at radius 1 is 1.22 bits per heavy atom. The fourth-order valence-electron chi connectivity index (χ4n) is 2.49. The van der Waals surface area contributed by atoms with Crippen LogP contribution in [0.5, 0.6) is 0 Å². The molecule has 2 aromatic rings. The van der Waals surface area contributed by atoms with Crippen molar-refractivity contribution in [3.05, 3.63) is 58.3 Å². The standard InChI is InChI=1S/C17H18F3NOS/c1-2-15(14-6-4-3-5-7-14)16(22)21(12-17(18,19)20)10-13-8-9-23-11-13/h3-9,11,15H,2,10,12H2,1H3. The van der Waals surface area contributed by atoms with Crippen LogP contribution in [0, 0.1) is 0 Å². The van der Waals surface area contributed by atoms with Gasteiger partial charge in [0.1, 0.15) is 6.54 Å². The van der Waals surface area contributed by atoms with Crippen molar-refractivity contribution in [2.24, 2.45) is 0 Å². The Hall–Kier alpha value is -1.82. The molecule has 2 rings (SSSR count). The molecule has 2 nitrogen and oxygen atoms in total. The molecular weight excluding hydrogens is 323 g/mol. The smallest absolute Gasteiger partial charge is 0.329 e. The third-order valence-electron chi connectivity index (χ3n) is 3.54. The Labute approximate surface area is 137 Å². The molecular formula is C17H18F3NOS. The van der Waals surface area contributed by atoms with E-state index < -0.39 is 24.5 Å². The lowest BCUT2D eigenvalue weighted by atomic mass is 9.95. The third kappa shape index (κ3) is 5.10. The van der Waals surface area contributed by atoms with Crippen LogP contribution in [0.3, 0.4) is 0 Å². The highest BCUT2D eigenvalue weighted by molar-refractivity contribution is 7.07. The number of carbonyl (C=O) groups excluding carboxylic acids is 1. The lowest BCUT2D eigenvalue weighted by molar-refractivity contribution is -0.163. The number of hydrogen-bond acceptors (Lipinski definition) is 2. The number of thiophene rings is 1. The first-order valence-corrected chi connectivity index (χ1v) is 8.26. The first kappa shape index (κ1) is 17.5. The van der Waals surface area contributed by atoms with E-state index in [0.717, 1.165) is 16.0 Å². The third-order valence-corrected chi connectivity index (χ3v) is 4.28. The van der Waals surface area contributed by atoms with Crippen molar-refractivity contribution in [2.45, 2.75) is 32.0 Å². The molecule has 0 saturated carbocycles. The number of nitrogens with zero attached hydrogens (tertiary/aromatic N) is 1. The second kappa shape index (κ2) is 7.64. The quantitative estimate of drug-likeness (QED) is 0.737. The van der Waals surface area contributed by atoms with Crippen LogP contribution in [0.15, 0.2) is 47.2 Å². The van der Waals surface area contributed by atoms with Gasteiger partial charge in [0.05, 0.1) is 5.92 Å². The van der Waals surface area contributed by atoms with E-state index in [-0.39, 0.29) is 6.54 Å². The zero-order chi connectivity index (χ0) is 16.9. The Kier molecular flexibility index (Phi) is 5.82. The van der Waals surface area contributed by atoms with Crippen LogP contribution in [0.4, 0.5) is 13.2 Å². The van der Waals surface area contributed by atoms with Crippen molar-refractivity contribution in [1.82, 2.24) is 4.90 Å². The van der Waals surface area contributed by atoms with Crippen molar-refractivity contribution in [3.63, 3.8) is 0 Å². The second-order valence-electron chi connectivity index (χ2n) is 5.31. The largest absolute Gasteiger partial charge is 0.406 e. The second-order valence-corrected chi connectivity index (χ2v) is 6.09. The normalized spacial score (nSPS) is 12.9. The molecule has 1 amide bonds. The fourth-order valence-corrected chi connectivity index (χ4v) is 3.15. The Morgan fingerprint density at radius 2 is 1.91 bits per heavy atom. The molecule has 1 atom stereocenters. The van der Waals surface area contributed by atoms with Crippen LogP contribution < -0.4 is 0 Å². The van der Waals surface area contributed by atoms with Gasteiger partial charge in [0.15, 0.2) is 0 Å². The zero-order valence-corrected chi connectivity index (χ0v) is 13.5. The molecule has 0 aliphatic rings. The van der Waals surface area contributed by atoms with E-state index in [0.29, 0.717) is 6.42 Å². The van der Waals surface area contributed by atoms with Gasteiger partial charge in [-0.2, -0.15) is 24.5 Å². The van der Waals surface area contributed by atoms with Crippen molar-refractivity contribution in [3.8, 4) is 0 Å². The molecule has 1 aromatic carbocycles. The highest BCUT2D eigenvalue weighted by Gasteiger charge is 2.35. The molecule has 0 fully saturated rings. The average molecular weight is 341 g/mol. The average Bonchev–Trinajstić information content (AvgIpc) is 3.00. The van der Waals surface area contributed by atoms with Crippen molar-refractivity contribution in [2.75, 3.05) is 6.54 Å². The van der Waals surface area contributed by atoms with Gasteiger partial charge in [-0.05, 0) is 34.4 Å². The number of benzene rings is 1. The van der Waals surface area contributed by atoms with E-state index in [4.69, 9.17) is 0 Å². The minimum Gasteiger partial charge on any atom is -0.329 e. The number of carbonyl (C=O) groups is 1. The number of halogens is 3. The van der Waals surface area contributed by atoms with Gasteiger partial charge in [-0.1, -0.05) is 37.3 Å². The van der Waals surface area contributed by atoms with E-state index in [2.05, 4.69) is 0 Å². The van der Waals surface area contributed by atoms with Gasteiger partial charge in [0.2, 0.25) is 5.91 Å². The highest BCUT2D eigenvalue weighted by atomic mass is 32.1. The van der Waals surface area contributed by atoms with Crippen LogP contribution in [0.2, 0.25) is 0 Å². The van der Waals surface area contributed by atoms with Gasteiger partial charge >= 0.3 is 6.18 Å². The Balaban J connectivity index is 2.23. The maximum Gasteiger partial charge on any atom is 0.406 e. The molecule has 0 N–H and O–H groups in total. The minimum absolute atomic E-state index is 0.0226. The summed E-state index contributed by atoms with van der Waals surface area (Å²) in [5, 5.41) is 3.56. The molecule has 23 heavy (non-hydrogen) atoms. The van der Waals surface area contributed by atoms with Crippen LogP contribution in [-0.2, 0) is 11.3 Å². The molecule has 6 heteroatoms. The van der Waals surface area contributed by atoms with Crippen molar-refractivity contribution in [1.29, 1.82) is 0 Å². The van der Waals surface area contributed by atoms with Gasteiger partial charge < -0.3 is 4.90 Å². The molecule has 1 unspecified atom stereocenters. The Morgan fingerprint density at radius 3 is 2.43 bits per heavy atom. The van der Waals surface area contributed by atoms with Crippen LogP contribution in [-0.4, -0.2) is 23.5 Å². The van der Waals surface area contributed by atoms with Gasteiger partial charge in [-0.25, -0.2) is 0 Å². The van der Waals surface area contributed by atoms with Crippen molar-refractivity contribution >= 4 is 17.2 Å². The molecule has 0 aliphatic heterocycles. The first-order chi connectivity index (χ1) is 10.9. The summed E-state index contributed by atoms with van der Waals surface area (Å²) in [5.41, 5.74) is 1.47. The summed E-state index contributed by atoms with van der Waals surface area (Å²) in [6.45, 7) is 0.558. The molecule has 0 bridgehead atoms. The number of rotatable bonds is 6. The monoisotopic (exact) mass is 341 g/mol. The molecule has 0 radical (unpaired) electrons. The van der Waals surface area contributed by atoms with E-state index in [1.165, 1.54) is 11.3 Å². The fraction of sp³-hybridized carbons (Fsp3) is 0.353. The van der Waals surface area contributed by atoms with E-state index >= 15 is 0 Å². The summed E-state index contributed by atoms with van der Waals surface area (Å²) >= 11 is 1.40. The van der Waals surface area contributed by atoms with Crippen LogP contribution in [0.25, 0.3) is 0 Å². The highest BCUT2D eigenvalue weighted by Crippen LogP contribution is 2.26. The maximum absolute atomic E-state index is 12.9. The lowest BCUT2D eigenvalue weighted by Crippen LogP contribution is -2.41. The van der Waals surface area contributed by atoms with Crippen LogP contribution >= 0.6 is 11.3 Å². The molecule has 0 spiro atoms. The van der Waals surface area contributed by atoms with Gasteiger partial charge in [0, 0.05) is 6.54 Å². The summed E-state index contributed by atoms with van der Waals surface area (Å²) in [6, 6.07) is 10.7. The van der Waals surface area contributed by atoms with Crippen molar-refractivity contribution < 1.29 is 18.0 Å². The Bertz CT molecular complexity index is 611. The minimum atomic E-state index is -4.42. The number of hydrogen-bond donors (Lipinski definition) is 0. The van der Waals surface area contributed by atoms with Crippen LogP contribution in [0.1, 0.15) is 30.4 Å². The lowest BCUT2D eigenvalue weighted by Gasteiger charge is -2.28. The summed E-state index contributed by atoms with van der Waals surface area (Å²) in [4.78, 5) is 13.6. The summed E-state index contributed by atoms with van der Waals surface area (Å²) in [5.74, 6) is -1.04. The number of alkyl halides is 3. The van der Waals surface area contributed by atoms with Gasteiger partial charge in [-0.15, -0.1) is 0 Å². The predicted octanol–water partition coefficient (Wildman–Crippen LogP) is 4.83. The molecule has 0 aliphatic carbocycles. The van der Waals surface area contributed by atoms with Gasteiger partial charge in [-0.3, -0.25) is 4.79 Å². The van der Waals surface area contributed by atoms with Gasteiger partial charge in [0.25, 0.3) is 0 Å². The number of amides is 1. The SMILES string of the molecule is CCC(C(=O)N(Cc1ccsc1)CC(F)(F)F)c1ccccc1. The maximum atomic E-state index is 12.9. The molecule has 124 valence electrons. The summed E-state index contributed by atoms with van der Waals surface area (Å²) in [6.07, 6.45) is -3.96.